The van der Waals surface area contributed by atoms with Gasteiger partial charge in [-0.2, -0.15) is 11.8 Å². The molecule has 0 aliphatic carbocycles. The maximum atomic E-state index is 13.4. The van der Waals surface area contributed by atoms with Crippen molar-refractivity contribution in [2.24, 2.45) is 0 Å². The molecule has 0 aliphatic rings. The molecule has 1 N–H and O–H groups in total. The van der Waals surface area contributed by atoms with Crippen LogP contribution in [0.2, 0.25) is 0 Å². The Morgan fingerprint density at radius 2 is 1.59 bits per heavy atom. The molecule has 32 heavy (non-hydrogen) atoms. The molecule has 168 valence electrons. The number of hydrogen-bond acceptors (Lipinski definition) is 4. The highest BCUT2D eigenvalue weighted by atomic mass is 32.2. The third kappa shape index (κ3) is 6.37. The molecule has 0 saturated heterocycles. The minimum absolute atomic E-state index is 0.159. The molecule has 0 unspecified atom stereocenters. The maximum Gasteiger partial charge on any atom is 0.264 e. The Bertz CT molecular complexity index is 1130. The second-order valence-corrected chi connectivity index (χ2v) is 10.5. The van der Waals surface area contributed by atoms with Crippen molar-refractivity contribution < 1.29 is 13.2 Å². The van der Waals surface area contributed by atoms with Crippen LogP contribution in [0, 0.1) is 13.8 Å². The molecule has 0 atom stereocenters. The molecule has 0 fully saturated rings. The lowest BCUT2D eigenvalue weighted by Gasteiger charge is -2.26. The van der Waals surface area contributed by atoms with Crippen molar-refractivity contribution in [3.05, 3.63) is 95.6 Å². The number of anilines is 1. The number of amides is 1. The van der Waals surface area contributed by atoms with Gasteiger partial charge in [-0.1, -0.05) is 66.2 Å². The molecule has 0 bridgehead atoms. The van der Waals surface area contributed by atoms with Crippen LogP contribution in [-0.4, -0.2) is 33.2 Å². The number of carbonyl (C=O) groups is 1. The molecule has 0 spiro atoms. The highest BCUT2D eigenvalue weighted by Gasteiger charge is 2.28. The van der Waals surface area contributed by atoms with E-state index in [-0.39, 0.29) is 17.3 Å². The van der Waals surface area contributed by atoms with Gasteiger partial charge < -0.3 is 5.32 Å². The highest BCUT2D eigenvalue weighted by Crippen LogP contribution is 2.27. The number of nitrogens with one attached hydrogen (secondary N) is 1. The van der Waals surface area contributed by atoms with Crippen LogP contribution in [0.1, 0.15) is 16.7 Å². The topological polar surface area (TPSA) is 66.5 Å². The summed E-state index contributed by atoms with van der Waals surface area (Å²) in [5, 5.41) is 2.86. The molecule has 3 rings (SSSR count). The van der Waals surface area contributed by atoms with E-state index in [1.807, 2.05) is 44.2 Å². The number of thioether (sulfide) groups is 1. The molecule has 3 aromatic carbocycles. The summed E-state index contributed by atoms with van der Waals surface area (Å²) in [5.74, 6) is 1.29. The van der Waals surface area contributed by atoms with Crippen LogP contribution in [0.25, 0.3) is 0 Å². The van der Waals surface area contributed by atoms with Gasteiger partial charge in [0.15, 0.2) is 0 Å². The normalized spacial score (nSPS) is 11.2. The first-order valence-electron chi connectivity index (χ1n) is 10.4. The van der Waals surface area contributed by atoms with E-state index < -0.39 is 10.0 Å². The first-order chi connectivity index (χ1) is 15.4. The Labute approximate surface area is 194 Å². The summed E-state index contributed by atoms with van der Waals surface area (Å²) in [4.78, 5) is 12.8. The van der Waals surface area contributed by atoms with Gasteiger partial charge in [-0.05, 0) is 43.2 Å². The van der Waals surface area contributed by atoms with Crippen LogP contribution in [0.15, 0.2) is 83.8 Å². The number of nitrogens with zero attached hydrogens (tertiary/aromatic N) is 1. The second kappa shape index (κ2) is 11.2. The summed E-state index contributed by atoms with van der Waals surface area (Å²) >= 11 is 1.72. The lowest BCUT2D eigenvalue weighted by molar-refractivity contribution is -0.119. The summed E-state index contributed by atoms with van der Waals surface area (Å²) in [6.07, 6.45) is 0. The first kappa shape index (κ1) is 23.9. The number of aryl methyl sites for hydroxylation is 2. The third-order valence-corrected chi connectivity index (χ3v) is 7.72. The summed E-state index contributed by atoms with van der Waals surface area (Å²) < 4.78 is 28.0. The Hall–Kier alpha value is -2.77. The van der Waals surface area contributed by atoms with Crippen molar-refractivity contribution in [3.8, 4) is 0 Å². The van der Waals surface area contributed by atoms with Crippen LogP contribution in [0.3, 0.4) is 0 Å². The minimum atomic E-state index is -3.89. The number of rotatable bonds is 10. The monoisotopic (exact) mass is 468 g/mol. The maximum absolute atomic E-state index is 13.4. The van der Waals surface area contributed by atoms with Gasteiger partial charge in [0.2, 0.25) is 5.91 Å². The van der Waals surface area contributed by atoms with E-state index in [2.05, 4.69) is 17.4 Å². The average Bonchev–Trinajstić information content (AvgIpc) is 2.79. The fourth-order valence-electron chi connectivity index (χ4n) is 3.32. The number of hydrogen-bond donors (Lipinski definition) is 1. The Balaban J connectivity index is 1.68. The summed E-state index contributed by atoms with van der Waals surface area (Å²) in [5.41, 5.74) is 3.57. The van der Waals surface area contributed by atoms with Gasteiger partial charge in [-0.3, -0.25) is 9.10 Å². The molecular weight excluding hydrogens is 440 g/mol. The standard InChI is InChI=1S/C25H28N2O3S2/c1-20-13-14-24(21(2)17-20)27(32(29,30)23-11-7-4-8-12-23)18-25(28)26-15-16-31-19-22-9-5-3-6-10-22/h3-14,17H,15-16,18-19H2,1-2H3,(H,26,28). The Kier molecular flexibility index (Phi) is 8.36. The molecule has 0 heterocycles. The zero-order valence-electron chi connectivity index (χ0n) is 18.3. The van der Waals surface area contributed by atoms with Crippen LogP contribution in [0.5, 0.6) is 0 Å². The Morgan fingerprint density at radius 1 is 0.938 bits per heavy atom. The summed E-state index contributed by atoms with van der Waals surface area (Å²) in [6.45, 7) is 4.01. The summed E-state index contributed by atoms with van der Waals surface area (Å²) in [6, 6.07) is 23.9. The molecule has 7 heteroatoms. The van der Waals surface area contributed by atoms with Crippen LogP contribution in [-0.2, 0) is 20.6 Å². The summed E-state index contributed by atoms with van der Waals surface area (Å²) in [7, 11) is -3.89. The van der Waals surface area contributed by atoms with E-state index >= 15 is 0 Å². The zero-order chi connectivity index (χ0) is 23.0. The highest BCUT2D eigenvalue weighted by molar-refractivity contribution is 7.98. The number of benzene rings is 3. The van der Waals surface area contributed by atoms with E-state index in [1.165, 1.54) is 9.87 Å². The van der Waals surface area contributed by atoms with E-state index in [9.17, 15) is 13.2 Å². The molecule has 1 amide bonds. The van der Waals surface area contributed by atoms with Crippen LogP contribution in [0.4, 0.5) is 5.69 Å². The fourth-order valence-corrected chi connectivity index (χ4v) is 5.64. The van der Waals surface area contributed by atoms with Crippen molar-refractivity contribution in [1.29, 1.82) is 0 Å². The van der Waals surface area contributed by atoms with Crippen molar-refractivity contribution in [2.45, 2.75) is 24.5 Å². The first-order valence-corrected chi connectivity index (χ1v) is 13.0. The van der Waals surface area contributed by atoms with Crippen molar-refractivity contribution >= 4 is 33.4 Å². The van der Waals surface area contributed by atoms with Gasteiger partial charge in [0.1, 0.15) is 6.54 Å². The molecule has 5 nitrogen and oxygen atoms in total. The van der Waals surface area contributed by atoms with Crippen molar-refractivity contribution in [2.75, 3.05) is 23.1 Å². The minimum Gasteiger partial charge on any atom is -0.354 e. The van der Waals surface area contributed by atoms with Gasteiger partial charge in [-0.25, -0.2) is 8.42 Å². The van der Waals surface area contributed by atoms with Gasteiger partial charge in [0.05, 0.1) is 10.6 Å². The molecule has 0 radical (unpaired) electrons. The molecule has 0 aromatic heterocycles. The lowest BCUT2D eigenvalue weighted by Crippen LogP contribution is -2.41. The van der Waals surface area contributed by atoms with E-state index in [0.717, 1.165) is 22.6 Å². The lowest BCUT2D eigenvalue weighted by atomic mass is 10.1. The zero-order valence-corrected chi connectivity index (χ0v) is 20.0. The number of carbonyl (C=O) groups excluding carboxylic acids is 1. The van der Waals surface area contributed by atoms with E-state index in [0.29, 0.717) is 12.2 Å². The molecule has 0 aliphatic heterocycles. The molecule has 0 saturated carbocycles. The largest absolute Gasteiger partial charge is 0.354 e. The smallest absolute Gasteiger partial charge is 0.264 e. The van der Waals surface area contributed by atoms with Crippen LogP contribution >= 0.6 is 11.8 Å². The third-order valence-electron chi connectivity index (χ3n) is 4.92. The van der Waals surface area contributed by atoms with Gasteiger partial charge >= 0.3 is 0 Å². The van der Waals surface area contributed by atoms with Crippen molar-refractivity contribution in [3.63, 3.8) is 0 Å². The van der Waals surface area contributed by atoms with Gasteiger partial charge in [0, 0.05) is 18.1 Å². The average molecular weight is 469 g/mol. The fraction of sp³-hybridized carbons (Fsp3) is 0.240. The Morgan fingerprint density at radius 3 is 2.25 bits per heavy atom. The van der Waals surface area contributed by atoms with E-state index in [1.54, 1.807) is 48.2 Å². The predicted octanol–water partition coefficient (Wildman–Crippen LogP) is 4.55. The molecule has 3 aromatic rings. The second-order valence-electron chi connectivity index (χ2n) is 7.50. The quantitative estimate of drug-likeness (QED) is 0.444. The van der Waals surface area contributed by atoms with Crippen LogP contribution < -0.4 is 9.62 Å². The van der Waals surface area contributed by atoms with Crippen molar-refractivity contribution in [1.82, 2.24) is 5.32 Å². The predicted molar refractivity (Wildman–Crippen MR) is 133 cm³/mol. The molecular formula is C25H28N2O3S2. The SMILES string of the molecule is Cc1ccc(N(CC(=O)NCCSCc2ccccc2)S(=O)(=O)c2ccccc2)c(C)c1. The van der Waals surface area contributed by atoms with E-state index in [4.69, 9.17) is 0 Å². The number of sulfonamides is 1. The van der Waals surface area contributed by atoms with Gasteiger partial charge in [-0.15, -0.1) is 0 Å². The van der Waals surface area contributed by atoms with Gasteiger partial charge in [0.25, 0.3) is 10.0 Å².